The Morgan fingerprint density at radius 2 is 1.76 bits per heavy atom. The number of aromatic nitrogens is 1. The van der Waals surface area contributed by atoms with Crippen molar-refractivity contribution in [1.29, 1.82) is 0 Å². The lowest BCUT2D eigenvalue weighted by Crippen LogP contribution is -2.51. The van der Waals surface area contributed by atoms with E-state index in [-0.39, 0.29) is 24.1 Å². The molecule has 2 aliphatic heterocycles. The summed E-state index contributed by atoms with van der Waals surface area (Å²) < 4.78 is 11.0. The van der Waals surface area contributed by atoms with Crippen LogP contribution in [0.25, 0.3) is 0 Å². The van der Waals surface area contributed by atoms with Crippen molar-refractivity contribution in [3.05, 3.63) is 11.5 Å². The molecule has 1 aliphatic carbocycles. The van der Waals surface area contributed by atoms with Gasteiger partial charge in [-0.25, -0.2) is 4.79 Å². The molecule has 4 rings (SSSR count). The number of likely N-dealkylation sites (tertiary alicyclic amines) is 2. The van der Waals surface area contributed by atoms with Crippen molar-refractivity contribution in [3.8, 4) is 0 Å². The van der Waals surface area contributed by atoms with E-state index in [2.05, 4.69) is 5.16 Å². The average molecular weight is 422 g/mol. The quantitative estimate of drug-likeness (QED) is 0.727. The maximum absolute atomic E-state index is 13.3. The highest BCUT2D eigenvalue weighted by Gasteiger charge is 2.49. The Morgan fingerprint density at radius 3 is 2.38 bits per heavy atom. The lowest BCUT2D eigenvalue weighted by Gasteiger charge is -2.34. The van der Waals surface area contributed by atoms with Gasteiger partial charge >= 0.3 is 6.09 Å². The smallest absolute Gasteiger partial charge is 0.410 e. The number of amides is 2. The number of rotatable bonds is 3. The first-order chi connectivity index (χ1) is 13.7. The Balaban J connectivity index is 1.43. The van der Waals surface area contributed by atoms with Crippen LogP contribution in [0, 0.1) is 6.92 Å². The van der Waals surface area contributed by atoms with E-state index in [4.69, 9.17) is 9.26 Å². The van der Waals surface area contributed by atoms with E-state index in [1.807, 2.05) is 32.6 Å². The van der Waals surface area contributed by atoms with E-state index >= 15 is 0 Å². The number of piperazine rings is 1. The maximum Gasteiger partial charge on any atom is 0.410 e. The minimum atomic E-state index is -0.517. The highest BCUT2D eigenvalue weighted by atomic mass is 32.2. The van der Waals surface area contributed by atoms with Crippen LogP contribution in [0.2, 0.25) is 0 Å². The molecule has 7 nitrogen and oxygen atoms in total. The highest BCUT2D eigenvalue weighted by Crippen LogP contribution is 2.39. The lowest BCUT2D eigenvalue weighted by molar-refractivity contribution is 0.0121. The van der Waals surface area contributed by atoms with Crippen LogP contribution in [-0.4, -0.2) is 63.0 Å². The molecule has 160 valence electrons. The SMILES string of the molecule is Cc1noc(C(=O)N2C[C@H]3C[C@@H]2CN3C(=O)OC(C)(C)C)c1SC1CCCCC1. The maximum atomic E-state index is 13.3. The molecule has 3 fully saturated rings. The first-order valence-electron chi connectivity index (χ1n) is 10.7. The number of carbonyl (C=O) groups is 2. The van der Waals surface area contributed by atoms with Gasteiger partial charge in [0.2, 0.25) is 5.76 Å². The molecule has 1 aromatic heterocycles. The predicted molar refractivity (Wildman–Crippen MR) is 110 cm³/mol. The fourth-order valence-corrected chi connectivity index (χ4v) is 5.92. The number of nitrogens with zero attached hydrogens (tertiary/aromatic N) is 3. The number of fused-ring (bicyclic) bond motifs is 2. The summed E-state index contributed by atoms with van der Waals surface area (Å²) in [4.78, 5) is 30.2. The van der Waals surface area contributed by atoms with Gasteiger partial charge in [0.05, 0.1) is 22.7 Å². The number of hydrogen-bond donors (Lipinski definition) is 0. The number of hydrogen-bond acceptors (Lipinski definition) is 6. The predicted octanol–water partition coefficient (Wildman–Crippen LogP) is 4.24. The molecular formula is C21H31N3O4S. The van der Waals surface area contributed by atoms with Gasteiger partial charge in [-0.3, -0.25) is 4.79 Å². The second-order valence-electron chi connectivity index (χ2n) is 9.44. The fraction of sp³-hybridized carbons (Fsp3) is 0.762. The molecule has 1 saturated carbocycles. The van der Waals surface area contributed by atoms with Crippen LogP contribution in [0.15, 0.2) is 9.42 Å². The minimum absolute atomic E-state index is 0.0114. The summed E-state index contributed by atoms with van der Waals surface area (Å²) in [6.07, 6.45) is 6.68. The van der Waals surface area contributed by atoms with Crippen LogP contribution in [0.5, 0.6) is 0 Å². The first-order valence-corrected chi connectivity index (χ1v) is 11.5. The van der Waals surface area contributed by atoms with Crippen LogP contribution in [-0.2, 0) is 4.74 Å². The molecule has 0 spiro atoms. The molecule has 0 N–H and O–H groups in total. The molecular weight excluding hydrogens is 390 g/mol. The molecule has 0 unspecified atom stereocenters. The summed E-state index contributed by atoms with van der Waals surface area (Å²) in [5.41, 5.74) is 0.278. The molecule has 29 heavy (non-hydrogen) atoms. The second-order valence-corrected chi connectivity index (χ2v) is 10.7. The molecule has 2 bridgehead atoms. The zero-order chi connectivity index (χ0) is 20.8. The van der Waals surface area contributed by atoms with Crippen LogP contribution >= 0.6 is 11.8 Å². The molecule has 8 heteroatoms. The van der Waals surface area contributed by atoms with Crippen LogP contribution in [0.1, 0.15) is 75.5 Å². The highest BCUT2D eigenvalue weighted by molar-refractivity contribution is 8.00. The van der Waals surface area contributed by atoms with Crippen LogP contribution in [0.3, 0.4) is 0 Å². The van der Waals surface area contributed by atoms with Gasteiger partial charge in [0, 0.05) is 18.3 Å². The third-order valence-electron chi connectivity index (χ3n) is 5.97. The van der Waals surface area contributed by atoms with Crippen LogP contribution in [0.4, 0.5) is 4.79 Å². The standard InChI is InChI=1S/C21H31N3O4S/c1-13-18(29-16-8-6-5-7-9-16)17(28-22-13)19(25)23-11-15-10-14(23)12-24(15)20(26)27-21(2,3)4/h14-16H,5-12H2,1-4H3/t14-,15-/m1/s1. The van der Waals surface area contributed by atoms with Crippen molar-refractivity contribution in [1.82, 2.24) is 15.0 Å². The van der Waals surface area contributed by atoms with Gasteiger partial charge in [-0.15, -0.1) is 11.8 Å². The van der Waals surface area contributed by atoms with Gasteiger partial charge in [-0.1, -0.05) is 24.4 Å². The van der Waals surface area contributed by atoms with E-state index in [0.29, 0.717) is 24.1 Å². The zero-order valence-electron chi connectivity index (χ0n) is 17.8. The summed E-state index contributed by atoms with van der Waals surface area (Å²) in [7, 11) is 0. The molecule has 1 aromatic rings. The van der Waals surface area contributed by atoms with Gasteiger partial charge in [0.15, 0.2) is 0 Å². The van der Waals surface area contributed by atoms with Crippen molar-refractivity contribution in [2.24, 2.45) is 0 Å². The molecule has 2 atom stereocenters. The third-order valence-corrected chi connectivity index (χ3v) is 7.49. The molecule has 3 heterocycles. The Bertz CT molecular complexity index is 781. The number of ether oxygens (including phenoxy) is 1. The number of aryl methyl sites for hydroxylation is 1. The summed E-state index contributed by atoms with van der Waals surface area (Å²) in [5.74, 6) is 0.273. The van der Waals surface area contributed by atoms with Crippen LogP contribution < -0.4 is 0 Å². The van der Waals surface area contributed by atoms with Crippen molar-refractivity contribution in [2.75, 3.05) is 13.1 Å². The zero-order valence-corrected chi connectivity index (χ0v) is 18.6. The Hall–Kier alpha value is -1.70. The summed E-state index contributed by atoms with van der Waals surface area (Å²) in [5, 5.41) is 4.63. The molecule has 0 radical (unpaired) electrons. The second kappa shape index (κ2) is 7.85. The first kappa shape index (κ1) is 20.6. The number of carbonyl (C=O) groups excluding carboxylic acids is 2. The Labute approximate surface area is 176 Å². The van der Waals surface area contributed by atoms with Gasteiger partial charge in [-0.2, -0.15) is 0 Å². The van der Waals surface area contributed by atoms with Crippen molar-refractivity contribution in [2.45, 2.75) is 94.1 Å². The summed E-state index contributed by atoms with van der Waals surface area (Å²) >= 11 is 1.76. The topological polar surface area (TPSA) is 75.9 Å². The molecule has 2 amide bonds. The Morgan fingerprint density at radius 1 is 1.10 bits per heavy atom. The molecule has 0 aromatic carbocycles. The van der Waals surface area contributed by atoms with E-state index in [0.717, 1.165) is 17.0 Å². The Kier molecular flexibility index (Phi) is 5.57. The van der Waals surface area contributed by atoms with Crippen molar-refractivity contribution < 1.29 is 18.8 Å². The largest absolute Gasteiger partial charge is 0.444 e. The lowest BCUT2D eigenvalue weighted by atomic mass is 10.0. The van der Waals surface area contributed by atoms with E-state index in [1.165, 1.54) is 32.1 Å². The van der Waals surface area contributed by atoms with Crippen molar-refractivity contribution in [3.63, 3.8) is 0 Å². The van der Waals surface area contributed by atoms with Gasteiger partial charge < -0.3 is 19.1 Å². The minimum Gasteiger partial charge on any atom is -0.444 e. The molecule has 3 aliphatic rings. The number of thioether (sulfide) groups is 1. The summed E-state index contributed by atoms with van der Waals surface area (Å²) in [6.45, 7) is 8.55. The van der Waals surface area contributed by atoms with E-state index < -0.39 is 5.60 Å². The fourth-order valence-electron chi connectivity index (χ4n) is 4.58. The van der Waals surface area contributed by atoms with Gasteiger partial charge in [0.25, 0.3) is 5.91 Å². The third kappa shape index (κ3) is 4.27. The summed E-state index contributed by atoms with van der Waals surface area (Å²) in [6, 6.07) is 0.0234. The average Bonchev–Trinajstić information content (AvgIpc) is 3.36. The monoisotopic (exact) mass is 421 g/mol. The van der Waals surface area contributed by atoms with Gasteiger partial charge in [-0.05, 0) is 47.0 Å². The van der Waals surface area contributed by atoms with Crippen molar-refractivity contribution >= 4 is 23.8 Å². The van der Waals surface area contributed by atoms with E-state index in [9.17, 15) is 9.59 Å². The molecule has 2 saturated heterocycles. The normalized spacial score (nSPS) is 25.0. The van der Waals surface area contributed by atoms with E-state index in [1.54, 1.807) is 16.7 Å². The van der Waals surface area contributed by atoms with Gasteiger partial charge in [0.1, 0.15) is 5.60 Å².